The summed E-state index contributed by atoms with van der Waals surface area (Å²) >= 11 is 0. The SMILES string of the molecule is CCCCC/C=C\CCCCCCCC(=O)O[C@H](COC(=O)CCCCCCC/C=C\CCCCCCCC)CO[C@@H]1O[C@H](COC(C)=O)[C@H](OC(C)=O)C(OC(C)=O)[C@H]1OC(C)=O. The molecule has 1 unspecified atom stereocenters. The quantitative estimate of drug-likeness (QED) is 0.0247. The van der Waals surface area contributed by atoms with Gasteiger partial charge in [0.2, 0.25) is 0 Å². The van der Waals surface area contributed by atoms with Crippen LogP contribution in [0.1, 0.15) is 202 Å². The first kappa shape index (κ1) is 58.2. The van der Waals surface area contributed by atoms with Crippen LogP contribution < -0.4 is 0 Å². The monoisotopic (exact) mass is 909 g/mol. The number of ether oxygens (including phenoxy) is 8. The lowest BCUT2D eigenvalue weighted by molar-refractivity contribution is -0.311. The molecule has 0 aromatic carbocycles. The Balaban J connectivity index is 2.86. The largest absolute Gasteiger partial charge is 0.463 e. The summed E-state index contributed by atoms with van der Waals surface area (Å²) in [7, 11) is 0. The van der Waals surface area contributed by atoms with Gasteiger partial charge in [-0.25, -0.2) is 0 Å². The summed E-state index contributed by atoms with van der Waals surface area (Å²) in [6, 6.07) is 0. The second-order valence-electron chi connectivity index (χ2n) is 16.8. The summed E-state index contributed by atoms with van der Waals surface area (Å²) in [5, 5.41) is 0. The third-order valence-electron chi connectivity index (χ3n) is 10.7. The van der Waals surface area contributed by atoms with Gasteiger partial charge in [0.25, 0.3) is 0 Å². The van der Waals surface area contributed by atoms with Gasteiger partial charge < -0.3 is 37.9 Å². The molecule has 1 rings (SSSR count). The van der Waals surface area contributed by atoms with E-state index in [0.717, 1.165) is 97.8 Å². The highest BCUT2D eigenvalue weighted by Gasteiger charge is 2.53. The zero-order chi connectivity index (χ0) is 47.2. The van der Waals surface area contributed by atoms with Crippen LogP contribution in [0.3, 0.4) is 0 Å². The van der Waals surface area contributed by atoms with Gasteiger partial charge >= 0.3 is 35.8 Å². The van der Waals surface area contributed by atoms with Crippen LogP contribution in [-0.2, 0) is 66.7 Å². The van der Waals surface area contributed by atoms with Gasteiger partial charge in [-0.1, -0.05) is 122 Å². The number of esters is 6. The van der Waals surface area contributed by atoms with Gasteiger partial charge in [0, 0.05) is 40.5 Å². The average molecular weight is 909 g/mol. The lowest BCUT2D eigenvalue weighted by atomic mass is 9.98. The minimum Gasteiger partial charge on any atom is -0.463 e. The Labute approximate surface area is 384 Å². The maximum absolute atomic E-state index is 13.1. The first-order valence-corrected chi connectivity index (χ1v) is 24.4. The van der Waals surface area contributed by atoms with Crippen molar-refractivity contribution in [2.45, 2.75) is 239 Å². The van der Waals surface area contributed by atoms with Crippen molar-refractivity contribution in [1.82, 2.24) is 0 Å². The minimum atomic E-state index is -1.49. The predicted molar refractivity (Wildman–Crippen MR) is 244 cm³/mol. The van der Waals surface area contributed by atoms with E-state index in [-0.39, 0.29) is 26.1 Å². The smallest absolute Gasteiger partial charge is 0.306 e. The summed E-state index contributed by atoms with van der Waals surface area (Å²) in [6.45, 7) is 7.86. The normalized spacial score (nSPS) is 19.0. The van der Waals surface area contributed by atoms with E-state index >= 15 is 0 Å². The molecule has 1 fully saturated rings. The fraction of sp³-hybridized carbons (Fsp3) is 0.800. The van der Waals surface area contributed by atoms with Gasteiger partial charge in [-0.15, -0.1) is 0 Å². The molecule has 6 atom stereocenters. The van der Waals surface area contributed by atoms with Crippen molar-refractivity contribution in [2.75, 3.05) is 19.8 Å². The van der Waals surface area contributed by atoms with Crippen LogP contribution in [0.25, 0.3) is 0 Å². The van der Waals surface area contributed by atoms with Gasteiger partial charge in [0.1, 0.15) is 19.3 Å². The molecule has 1 heterocycles. The van der Waals surface area contributed by atoms with Crippen LogP contribution >= 0.6 is 0 Å². The molecule has 64 heavy (non-hydrogen) atoms. The molecule has 0 aliphatic carbocycles. The van der Waals surface area contributed by atoms with Crippen LogP contribution in [0.4, 0.5) is 0 Å². The molecule has 0 spiro atoms. The van der Waals surface area contributed by atoms with Crippen LogP contribution in [0.2, 0.25) is 0 Å². The molecule has 0 aromatic heterocycles. The summed E-state index contributed by atoms with van der Waals surface area (Å²) in [4.78, 5) is 74.4. The van der Waals surface area contributed by atoms with E-state index in [9.17, 15) is 28.8 Å². The van der Waals surface area contributed by atoms with Crippen LogP contribution in [0, 0.1) is 0 Å². The molecular formula is C50H84O14. The molecule has 0 saturated carbocycles. The number of carbonyl (C=O) groups is 6. The van der Waals surface area contributed by atoms with Gasteiger partial charge in [-0.2, -0.15) is 0 Å². The Morgan fingerprint density at radius 2 is 0.891 bits per heavy atom. The minimum absolute atomic E-state index is 0.149. The summed E-state index contributed by atoms with van der Waals surface area (Å²) in [6.07, 6.45) is 26.7. The topological polar surface area (TPSA) is 176 Å². The molecule has 0 aromatic rings. The zero-order valence-electron chi connectivity index (χ0n) is 40.3. The van der Waals surface area contributed by atoms with Crippen molar-refractivity contribution in [3.05, 3.63) is 24.3 Å². The number of unbranched alkanes of at least 4 members (excludes halogenated alkanes) is 19. The predicted octanol–water partition coefficient (Wildman–Crippen LogP) is 10.4. The highest BCUT2D eigenvalue weighted by molar-refractivity contribution is 5.70. The number of allylic oxidation sites excluding steroid dienone is 4. The lowest BCUT2D eigenvalue weighted by Crippen LogP contribution is -2.63. The second-order valence-corrected chi connectivity index (χ2v) is 16.8. The van der Waals surface area contributed by atoms with Crippen LogP contribution in [0.5, 0.6) is 0 Å². The second kappa shape index (κ2) is 38.5. The third-order valence-corrected chi connectivity index (χ3v) is 10.7. The third kappa shape index (κ3) is 31.2. The molecule has 0 radical (unpaired) electrons. The molecule has 1 aliphatic heterocycles. The number of hydrogen-bond donors (Lipinski definition) is 0. The fourth-order valence-corrected chi connectivity index (χ4v) is 7.29. The fourth-order valence-electron chi connectivity index (χ4n) is 7.29. The molecule has 0 bridgehead atoms. The zero-order valence-corrected chi connectivity index (χ0v) is 40.3. The van der Waals surface area contributed by atoms with E-state index in [1.807, 2.05) is 0 Å². The number of carbonyl (C=O) groups excluding carboxylic acids is 6. The Kier molecular flexibility index (Phi) is 35.0. The Hall–Kier alpha value is -3.78. The van der Waals surface area contributed by atoms with E-state index in [2.05, 4.69) is 38.2 Å². The molecule has 14 heteroatoms. The maximum atomic E-state index is 13.1. The average Bonchev–Trinajstić information content (AvgIpc) is 3.24. The Morgan fingerprint density at radius 1 is 0.469 bits per heavy atom. The summed E-state index contributed by atoms with van der Waals surface area (Å²) < 4.78 is 45.0. The highest BCUT2D eigenvalue weighted by atomic mass is 16.7. The van der Waals surface area contributed by atoms with Crippen LogP contribution in [-0.4, -0.2) is 92.4 Å². The van der Waals surface area contributed by atoms with Crippen molar-refractivity contribution in [1.29, 1.82) is 0 Å². The van der Waals surface area contributed by atoms with Gasteiger partial charge in [0.05, 0.1) is 6.61 Å². The van der Waals surface area contributed by atoms with Gasteiger partial charge in [0.15, 0.2) is 30.7 Å². The van der Waals surface area contributed by atoms with Gasteiger partial charge in [-0.3, -0.25) is 28.8 Å². The lowest BCUT2D eigenvalue weighted by Gasteiger charge is -2.44. The van der Waals surface area contributed by atoms with Crippen molar-refractivity contribution < 1.29 is 66.7 Å². The van der Waals surface area contributed by atoms with E-state index in [4.69, 9.17) is 37.9 Å². The summed E-state index contributed by atoms with van der Waals surface area (Å²) in [5.74, 6) is -3.94. The molecule has 1 saturated heterocycles. The molecule has 1 aliphatic rings. The molecule has 14 nitrogen and oxygen atoms in total. The maximum Gasteiger partial charge on any atom is 0.306 e. The molecular weight excluding hydrogens is 825 g/mol. The number of rotatable bonds is 38. The van der Waals surface area contributed by atoms with Gasteiger partial charge in [-0.05, 0) is 64.2 Å². The molecule has 368 valence electrons. The van der Waals surface area contributed by atoms with E-state index in [0.29, 0.717) is 12.8 Å². The standard InChI is InChI=1S/C50H84O14/c1-7-9-11-13-15-17-19-21-22-23-25-26-28-30-32-34-45(55)58-36-43(63-46(56)35-33-31-29-27-24-20-18-16-14-12-10-8-2)37-59-50-49(62-42(6)54)48(61-41(5)53)47(60-40(4)52)44(64-50)38-57-39(3)51/h16,18,21-22,43-44,47-50H,7-15,17,19-20,23-38H2,1-6H3/b18-16-,22-21-/t43-,44-,47+,48?,49-,50-/m1/s1. The van der Waals surface area contributed by atoms with E-state index < -0.39 is 79.2 Å². The highest BCUT2D eigenvalue weighted by Crippen LogP contribution is 2.30. The van der Waals surface area contributed by atoms with E-state index in [1.165, 1.54) is 64.7 Å². The van der Waals surface area contributed by atoms with Crippen LogP contribution in [0.15, 0.2) is 24.3 Å². The molecule has 0 amide bonds. The van der Waals surface area contributed by atoms with Crippen molar-refractivity contribution in [3.63, 3.8) is 0 Å². The van der Waals surface area contributed by atoms with Crippen molar-refractivity contribution in [2.24, 2.45) is 0 Å². The first-order valence-electron chi connectivity index (χ1n) is 24.4. The number of hydrogen-bond acceptors (Lipinski definition) is 14. The first-order chi connectivity index (χ1) is 30.9. The van der Waals surface area contributed by atoms with Crippen molar-refractivity contribution >= 4 is 35.8 Å². The molecule has 0 N–H and O–H groups in total. The van der Waals surface area contributed by atoms with E-state index in [1.54, 1.807) is 0 Å². The van der Waals surface area contributed by atoms with Crippen molar-refractivity contribution in [3.8, 4) is 0 Å². The Morgan fingerprint density at radius 3 is 1.39 bits per heavy atom. The Bertz CT molecular complexity index is 1350. The summed E-state index contributed by atoms with van der Waals surface area (Å²) in [5.41, 5.74) is 0.